The zero-order valence-electron chi connectivity index (χ0n) is 13.2. The number of aromatic nitrogens is 1. The van der Waals surface area contributed by atoms with E-state index in [4.69, 9.17) is 0 Å². The molecule has 0 aliphatic heterocycles. The molecule has 1 fully saturated rings. The number of pyridine rings is 1. The molecule has 0 saturated heterocycles. The second-order valence-corrected chi connectivity index (χ2v) is 6.56. The fourth-order valence-electron chi connectivity index (χ4n) is 3.45. The topological polar surface area (TPSA) is 53.2 Å². The summed E-state index contributed by atoms with van der Waals surface area (Å²) in [6.07, 6.45) is 5.18. The van der Waals surface area contributed by atoms with Crippen molar-refractivity contribution in [3.05, 3.63) is 40.7 Å². The Morgan fingerprint density at radius 1 is 1.18 bits per heavy atom. The van der Waals surface area contributed by atoms with Crippen LogP contribution in [-0.2, 0) is 4.79 Å². The quantitative estimate of drug-likeness (QED) is 0.923. The molecule has 1 aliphatic carbocycles. The van der Waals surface area contributed by atoms with Crippen LogP contribution in [0.2, 0.25) is 0 Å². The van der Waals surface area contributed by atoms with Crippen LogP contribution in [0.3, 0.4) is 0 Å². The maximum Gasteiger partial charge on any atom is 0.272 e. The fraction of sp³-hybridized carbons (Fsp3) is 0.444. The van der Waals surface area contributed by atoms with Crippen LogP contribution in [0.5, 0.6) is 0 Å². The fourth-order valence-corrected chi connectivity index (χ4v) is 3.45. The van der Waals surface area contributed by atoms with Crippen molar-refractivity contribution in [2.45, 2.75) is 39.0 Å². The van der Waals surface area contributed by atoms with Crippen molar-refractivity contribution in [1.29, 1.82) is 0 Å². The van der Waals surface area contributed by atoms with E-state index in [2.05, 4.69) is 4.98 Å². The second kappa shape index (κ2) is 5.59. The lowest BCUT2D eigenvalue weighted by Crippen LogP contribution is -2.43. The van der Waals surface area contributed by atoms with Crippen molar-refractivity contribution in [3.63, 3.8) is 0 Å². The van der Waals surface area contributed by atoms with Crippen LogP contribution in [0.15, 0.2) is 35.1 Å². The summed E-state index contributed by atoms with van der Waals surface area (Å²) in [5, 5.41) is 0.936. The van der Waals surface area contributed by atoms with Crippen molar-refractivity contribution in [3.8, 4) is 0 Å². The molecule has 4 nitrogen and oxygen atoms in total. The molecule has 0 spiro atoms. The zero-order chi connectivity index (χ0) is 15.7. The van der Waals surface area contributed by atoms with Gasteiger partial charge in [-0.2, -0.15) is 0 Å². The standard InChI is InChI=1S/C18H22N2O2/c1-18(10-6-3-7-11-18)17(22)20(2)15-12-13-8-4-5-9-14(13)19-16(15)21/h4-5,8-9,12H,3,6-7,10-11H2,1-2H3,(H,19,21). The van der Waals surface area contributed by atoms with Gasteiger partial charge in [0.2, 0.25) is 5.91 Å². The first-order valence-corrected chi connectivity index (χ1v) is 7.91. The molecule has 0 bridgehead atoms. The van der Waals surface area contributed by atoms with Crippen molar-refractivity contribution < 1.29 is 4.79 Å². The number of H-pyrrole nitrogens is 1. The average Bonchev–Trinajstić information content (AvgIpc) is 2.53. The smallest absolute Gasteiger partial charge is 0.272 e. The Labute approximate surface area is 130 Å². The number of anilines is 1. The Hall–Kier alpha value is -2.10. The minimum atomic E-state index is -0.342. The number of aromatic amines is 1. The summed E-state index contributed by atoms with van der Waals surface area (Å²) in [6.45, 7) is 2.03. The van der Waals surface area contributed by atoms with Crippen LogP contribution in [0.25, 0.3) is 10.9 Å². The van der Waals surface area contributed by atoms with E-state index in [0.29, 0.717) is 5.69 Å². The highest BCUT2D eigenvalue weighted by Gasteiger charge is 2.37. The van der Waals surface area contributed by atoms with E-state index >= 15 is 0 Å². The van der Waals surface area contributed by atoms with Crippen LogP contribution in [0, 0.1) is 5.41 Å². The number of carbonyl (C=O) groups excluding carboxylic acids is 1. The minimum absolute atomic E-state index is 0.0491. The molecule has 1 N–H and O–H groups in total. The summed E-state index contributed by atoms with van der Waals surface area (Å²) in [6, 6.07) is 9.42. The molecular weight excluding hydrogens is 276 g/mol. The molecule has 1 saturated carbocycles. The summed E-state index contributed by atoms with van der Waals surface area (Å²) in [5.41, 5.74) is 0.663. The molecule has 1 amide bonds. The molecular formula is C18H22N2O2. The summed E-state index contributed by atoms with van der Waals surface area (Å²) in [5.74, 6) is 0.0491. The van der Waals surface area contributed by atoms with Gasteiger partial charge in [0, 0.05) is 23.4 Å². The molecule has 1 aromatic heterocycles. The lowest BCUT2D eigenvalue weighted by Gasteiger charge is -2.35. The highest BCUT2D eigenvalue weighted by atomic mass is 16.2. The van der Waals surface area contributed by atoms with Crippen LogP contribution in [0.1, 0.15) is 39.0 Å². The number of para-hydroxylation sites is 1. The maximum atomic E-state index is 12.9. The van der Waals surface area contributed by atoms with Gasteiger partial charge in [-0.05, 0) is 25.0 Å². The lowest BCUT2D eigenvalue weighted by atomic mass is 9.74. The number of carbonyl (C=O) groups is 1. The highest BCUT2D eigenvalue weighted by molar-refractivity contribution is 5.98. The molecule has 0 unspecified atom stereocenters. The molecule has 1 aliphatic rings. The normalized spacial score (nSPS) is 17.4. The molecule has 0 radical (unpaired) electrons. The minimum Gasteiger partial charge on any atom is -0.320 e. The van der Waals surface area contributed by atoms with Gasteiger partial charge in [-0.3, -0.25) is 9.59 Å². The van der Waals surface area contributed by atoms with Gasteiger partial charge in [0.15, 0.2) is 0 Å². The number of rotatable bonds is 2. The van der Waals surface area contributed by atoms with Gasteiger partial charge in [0.25, 0.3) is 5.56 Å². The Kier molecular flexibility index (Phi) is 3.77. The zero-order valence-corrected chi connectivity index (χ0v) is 13.2. The van der Waals surface area contributed by atoms with Gasteiger partial charge in [-0.25, -0.2) is 0 Å². The summed E-state index contributed by atoms with van der Waals surface area (Å²) in [7, 11) is 1.71. The number of fused-ring (bicyclic) bond motifs is 1. The van der Waals surface area contributed by atoms with Crippen LogP contribution < -0.4 is 10.5 Å². The first kappa shape index (κ1) is 14.8. The van der Waals surface area contributed by atoms with Gasteiger partial charge in [-0.15, -0.1) is 0 Å². The van der Waals surface area contributed by atoms with Gasteiger partial charge < -0.3 is 9.88 Å². The predicted octanol–water partition coefficient (Wildman–Crippen LogP) is 3.46. The van der Waals surface area contributed by atoms with Gasteiger partial charge in [-0.1, -0.05) is 44.4 Å². The molecule has 1 heterocycles. The molecule has 116 valence electrons. The second-order valence-electron chi connectivity index (χ2n) is 6.56. The maximum absolute atomic E-state index is 12.9. The summed E-state index contributed by atoms with van der Waals surface area (Å²) < 4.78 is 0. The monoisotopic (exact) mass is 298 g/mol. The molecule has 0 atom stereocenters. The van der Waals surface area contributed by atoms with Crippen LogP contribution in [0.4, 0.5) is 5.69 Å². The molecule has 22 heavy (non-hydrogen) atoms. The molecule has 4 heteroatoms. The van der Waals surface area contributed by atoms with E-state index in [-0.39, 0.29) is 16.9 Å². The lowest BCUT2D eigenvalue weighted by molar-refractivity contribution is -0.128. The van der Waals surface area contributed by atoms with E-state index < -0.39 is 0 Å². The third kappa shape index (κ3) is 2.54. The van der Waals surface area contributed by atoms with E-state index in [1.54, 1.807) is 13.1 Å². The van der Waals surface area contributed by atoms with Crippen LogP contribution in [-0.4, -0.2) is 17.9 Å². The SMILES string of the molecule is CN(C(=O)C1(C)CCCCC1)c1cc2ccccc2[nH]c1=O. The van der Waals surface area contributed by atoms with Crippen LogP contribution >= 0.6 is 0 Å². The van der Waals surface area contributed by atoms with E-state index in [9.17, 15) is 9.59 Å². The van der Waals surface area contributed by atoms with Crippen molar-refractivity contribution in [1.82, 2.24) is 4.98 Å². The molecule has 2 aromatic rings. The molecule has 3 rings (SSSR count). The van der Waals surface area contributed by atoms with E-state index in [1.807, 2.05) is 31.2 Å². The largest absolute Gasteiger partial charge is 0.320 e. The first-order valence-electron chi connectivity index (χ1n) is 7.91. The third-order valence-corrected chi connectivity index (χ3v) is 4.87. The predicted molar refractivity (Wildman–Crippen MR) is 89.2 cm³/mol. The Balaban J connectivity index is 1.97. The van der Waals surface area contributed by atoms with Crippen molar-refractivity contribution >= 4 is 22.5 Å². The number of hydrogen-bond acceptors (Lipinski definition) is 2. The Bertz CT molecular complexity index is 757. The van der Waals surface area contributed by atoms with E-state index in [0.717, 1.165) is 36.6 Å². The number of benzene rings is 1. The Morgan fingerprint density at radius 3 is 2.59 bits per heavy atom. The van der Waals surface area contributed by atoms with Gasteiger partial charge >= 0.3 is 0 Å². The summed E-state index contributed by atoms with van der Waals surface area (Å²) in [4.78, 5) is 29.6. The first-order chi connectivity index (χ1) is 10.5. The number of nitrogens with one attached hydrogen (secondary N) is 1. The van der Waals surface area contributed by atoms with Crippen molar-refractivity contribution in [2.75, 3.05) is 11.9 Å². The Morgan fingerprint density at radius 2 is 1.86 bits per heavy atom. The number of nitrogens with zero attached hydrogens (tertiary/aromatic N) is 1. The van der Waals surface area contributed by atoms with E-state index in [1.165, 1.54) is 11.3 Å². The number of hydrogen-bond donors (Lipinski definition) is 1. The van der Waals surface area contributed by atoms with Gasteiger partial charge in [0.1, 0.15) is 5.69 Å². The molecule has 1 aromatic carbocycles. The number of amides is 1. The highest BCUT2D eigenvalue weighted by Crippen LogP contribution is 2.37. The van der Waals surface area contributed by atoms with Crippen molar-refractivity contribution in [2.24, 2.45) is 5.41 Å². The summed E-state index contributed by atoms with van der Waals surface area (Å²) >= 11 is 0. The van der Waals surface area contributed by atoms with Gasteiger partial charge in [0.05, 0.1) is 0 Å². The average molecular weight is 298 g/mol. The third-order valence-electron chi connectivity index (χ3n) is 4.87.